The summed E-state index contributed by atoms with van der Waals surface area (Å²) in [6.45, 7) is 6.37. The smallest absolute Gasteiger partial charge is 0.316 e. The van der Waals surface area contributed by atoms with E-state index in [-0.39, 0.29) is 11.9 Å². The Kier molecular flexibility index (Phi) is 4.31. The molecule has 1 aromatic heterocycles. The molecule has 0 spiro atoms. The third-order valence-corrected chi connectivity index (χ3v) is 7.60. The highest BCUT2D eigenvalue weighted by Gasteiger charge is 2.52. The number of amides is 3. The molecule has 3 saturated heterocycles. The van der Waals surface area contributed by atoms with Gasteiger partial charge in [0.25, 0.3) is 0 Å². The van der Waals surface area contributed by atoms with Crippen LogP contribution >= 0.6 is 0 Å². The van der Waals surface area contributed by atoms with Crippen LogP contribution in [-0.4, -0.2) is 65.9 Å². The number of urea groups is 1. The van der Waals surface area contributed by atoms with Gasteiger partial charge in [-0.2, -0.15) is 5.10 Å². The Morgan fingerprint density at radius 2 is 1.87 bits per heavy atom. The molecule has 3 aliphatic heterocycles. The zero-order valence-corrected chi connectivity index (χ0v) is 17.1. The van der Waals surface area contributed by atoms with Gasteiger partial charge < -0.3 is 10.2 Å². The number of likely N-dealkylation sites (tertiary alicyclic amines) is 1. The van der Waals surface area contributed by atoms with Gasteiger partial charge >= 0.3 is 6.03 Å². The van der Waals surface area contributed by atoms with Crippen LogP contribution in [0.5, 0.6) is 0 Å². The molecule has 1 unspecified atom stereocenters. The minimum Gasteiger partial charge on any atom is -0.316 e. The fraction of sp³-hybridized carbons (Fsp3) is 0.591. The van der Waals surface area contributed by atoms with Crippen molar-refractivity contribution < 1.29 is 9.59 Å². The van der Waals surface area contributed by atoms with E-state index in [1.807, 2.05) is 18.3 Å². The second kappa shape index (κ2) is 7.06. The molecule has 1 saturated carbocycles. The van der Waals surface area contributed by atoms with E-state index in [0.29, 0.717) is 19.0 Å². The molecule has 4 aliphatic rings. The van der Waals surface area contributed by atoms with Crippen LogP contribution in [0.25, 0.3) is 10.9 Å². The molecule has 30 heavy (non-hydrogen) atoms. The van der Waals surface area contributed by atoms with Crippen molar-refractivity contribution in [3.63, 3.8) is 0 Å². The summed E-state index contributed by atoms with van der Waals surface area (Å²) in [6.07, 6.45) is 4.42. The average molecular weight is 409 g/mol. The molecule has 0 bridgehead atoms. The normalized spacial score (nSPS) is 30.0. The molecule has 8 heteroatoms. The molecule has 158 valence electrons. The molecule has 0 radical (unpaired) electrons. The van der Waals surface area contributed by atoms with Crippen molar-refractivity contribution in [1.82, 2.24) is 25.3 Å². The van der Waals surface area contributed by atoms with Crippen LogP contribution in [0.1, 0.15) is 25.3 Å². The molecule has 4 heterocycles. The van der Waals surface area contributed by atoms with Crippen molar-refractivity contribution in [3.05, 3.63) is 24.4 Å². The van der Waals surface area contributed by atoms with Crippen molar-refractivity contribution in [3.8, 4) is 0 Å². The molecule has 1 aromatic carbocycles. The van der Waals surface area contributed by atoms with E-state index in [4.69, 9.17) is 5.10 Å². The van der Waals surface area contributed by atoms with Crippen LogP contribution in [0.3, 0.4) is 0 Å². The van der Waals surface area contributed by atoms with Crippen LogP contribution in [0.4, 0.5) is 10.5 Å². The number of benzene rings is 1. The van der Waals surface area contributed by atoms with Gasteiger partial charge in [-0.15, -0.1) is 0 Å². The predicted octanol–water partition coefficient (Wildman–Crippen LogP) is 1.58. The maximum Gasteiger partial charge on any atom is 0.328 e. The summed E-state index contributed by atoms with van der Waals surface area (Å²) in [5, 5.41) is 11.6. The molecular weight excluding hydrogens is 380 g/mol. The monoisotopic (exact) mass is 408 g/mol. The molecule has 6 rings (SSSR count). The summed E-state index contributed by atoms with van der Waals surface area (Å²) >= 11 is 0. The van der Waals surface area contributed by atoms with Gasteiger partial charge in [-0.25, -0.2) is 4.79 Å². The molecule has 2 N–H and O–H groups in total. The number of rotatable bonds is 4. The van der Waals surface area contributed by atoms with Gasteiger partial charge in [-0.3, -0.25) is 19.7 Å². The number of aromatic nitrogens is 2. The van der Waals surface area contributed by atoms with E-state index in [1.165, 1.54) is 19.6 Å². The predicted molar refractivity (Wildman–Crippen MR) is 113 cm³/mol. The summed E-state index contributed by atoms with van der Waals surface area (Å²) in [6, 6.07) is 6.05. The molecule has 1 aliphatic carbocycles. The van der Waals surface area contributed by atoms with Crippen molar-refractivity contribution in [2.45, 2.75) is 25.3 Å². The minimum atomic E-state index is -0.347. The second-order valence-corrected chi connectivity index (χ2v) is 9.24. The van der Waals surface area contributed by atoms with Crippen LogP contribution < -0.4 is 15.5 Å². The highest BCUT2D eigenvalue weighted by Crippen LogP contribution is 2.49. The van der Waals surface area contributed by atoms with Crippen molar-refractivity contribution in [1.29, 1.82) is 0 Å². The molecule has 3 atom stereocenters. The molecule has 2 aromatic rings. The largest absolute Gasteiger partial charge is 0.328 e. The number of nitrogens with one attached hydrogen (secondary N) is 2. The topological polar surface area (TPSA) is 82.5 Å². The first-order valence-electron chi connectivity index (χ1n) is 11.2. The summed E-state index contributed by atoms with van der Waals surface area (Å²) in [5.41, 5.74) is 1.90. The number of nitrogens with zero attached hydrogens (tertiary/aromatic N) is 4. The number of carbonyl (C=O) groups is 2. The minimum absolute atomic E-state index is 0.211. The lowest BCUT2D eigenvalue weighted by Crippen LogP contribution is -2.49. The number of hydrogen-bond donors (Lipinski definition) is 2. The maximum atomic E-state index is 12.3. The number of hydrogen-bond acceptors (Lipinski definition) is 5. The SMILES string of the molecule is O=C1CCN(c2cccc3c2cnn3C2CCN(CC3[C@H]4CNC[C@@H]34)CC2)C(=O)N1. The highest BCUT2D eigenvalue weighted by molar-refractivity contribution is 6.09. The lowest BCUT2D eigenvalue weighted by Gasteiger charge is -2.33. The summed E-state index contributed by atoms with van der Waals surface area (Å²) in [7, 11) is 0. The van der Waals surface area contributed by atoms with Gasteiger partial charge in [0.2, 0.25) is 5.91 Å². The highest BCUT2D eigenvalue weighted by atomic mass is 16.2. The lowest BCUT2D eigenvalue weighted by molar-refractivity contribution is -0.120. The van der Waals surface area contributed by atoms with Crippen molar-refractivity contribution in [2.75, 3.05) is 44.2 Å². The fourth-order valence-corrected chi connectivity index (χ4v) is 5.84. The zero-order chi connectivity index (χ0) is 20.2. The van der Waals surface area contributed by atoms with Crippen LogP contribution in [0.15, 0.2) is 24.4 Å². The number of carbonyl (C=O) groups excluding carboxylic acids is 2. The first-order chi connectivity index (χ1) is 14.7. The van der Waals surface area contributed by atoms with Gasteiger partial charge in [0, 0.05) is 38.0 Å². The van der Waals surface area contributed by atoms with Gasteiger partial charge in [0.15, 0.2) is 0 Å². The number of fused-ring (bicyclic) bond motifs is 2. The first kappa shape index (κ1) is 18.3. The van der Waals surface area contributed by atoms with E-state index in [2.05, 4.69) is 26.3 Å². The molecule has 3 amide bonds. The van der Waals surface area contributed by atoms with E-state index in [9.17, 15) is 9.59 Å². The fourth-order valence-electron chi connectivity index (χ4n) is 5.84. The van der Waals surface area contributed by atoms with Crippen LogP contribution in [0, 0.1) is 17.8 Å². The number of imide groups is 1. The number of piperidine rings is 2. The quantitative estimate of drug-likeness (QED) is 0.803. The van der Waals surface area contributed by atoms with Crippen molar-refractivity contribution >= 4 is 28.5 Å². The van der Waals surface area contributed by atoms with Crippen LogP contribution in [-0.2, 0) is 4.79 Å². The standard InChI is InChI=1S/C22H28N6O2/c29-21-6-9-27(22(30)25-21)19-2-1-3-20-17(19)12-24-28(20)14-4-7-26(8-5-14)13-18-15-10-23-11-16(15)18/h1-3,12,14-16,18,23H,4-11,13H2,(H,25,29,30)/t15-,16+,18?. The maximum absolute atomic E-state index is 12.3. The van der Waals surface area contributed by atoms with Crippen LogP contribution in [0.2, 0.25) is 0 Å². The Labute approximate surface area is 175 Å². The number of anilines is 1. The van der Waals surface area contributed by atoms with Gasteiger partial charge in [-0.1, -0.05) is 6.07 Å². The van der Waals surface area contributed by atoms with Crippen molar-refractivity contribution in [2.24, 2.45) is 17.8 Å². The Hall–Kier alpha value is -2.45. The van der Waals surface area contributed by atoms with E-state index < -0.39 is 0 Å². The second-order valence-electron chi connectivity index (χ2n) is 9.24. The van der Waals surface area contributed by atoms with E-state index in [0.717, 1.165) is 60.3 Å². The van der Waals surface area contributed by atoms with E-state index in [1.54, 1.807) is 4.90 Å². The average Bonchev–Trinajstić information content (AvgIpc) is 3.13. The Morgan fingerprint density at radius 1 is 1.07 bits per heavy atom. The zero-order valence-electron chi connectivity index (χ0n) is 17.1. The van der Waals surface area contributed by atoms with Gasteiger partial charge in [0.1, 0.15) is 0 Å². The molecular formula is C22H28N6O2. The molecule has 4 fully saturated rings. The summed E-state index contributed by atoms with van der Waals surface area (Å²) in [5.74, 6) is 2.56. The third kappa shape index (κ3) is 3.01. The molecule has 8 nitrogen and oxygen atoms in total. The Bertz CT molecular complexity index is 985. The Morgan fingerprint density at radius 3 is 2.63 bits per heavy atom. The third-order valence-electron chi connectivity index (χ3n) is 7.60. The Balaban J connectivity index is 1.16. The summed E-state index contributed by atoms with van der Waals surface area (Å²) in [4.78, 5) is 28.1. The lowest BCUT2D eigenvalue weighted by atomic mass is 10.0. The first-order valence-corrected chi connectivity index (χ1v) is 11.2. The van der Waals surface area contributed by atoms with Gasteiger partial charge in [0.05, 0.1) is 23.4 Å². The van der Waals surface area contributed by atoms with E-state index >= 15 is 0 Å². The van der Waals surface area contributed by atoms with Gasteiger partial charge in [-0.05, 0) is 55.8 Å². The summed E-state index contributed by atoms with van der Waals surface area (Å²) < 4.78 is 2.15.